The minimum atomic E-state index is -0.104. The lowest BCUT2D eigenvalue weighted by Gasteiger charge is -2.25. The van der Waals surface area contributed by atoms with Gasteiger partial charge in [0.25, 0.3) is 0 Å². The van der Waals surface area contributed by atoms with Crippen LogP contribution in [0.5, 0.6) is 0 Å². The van der Waals surface area contributed by atoms with Crippen LogP contribution in [-0.4, -0.2) is 25.7 Å². The van der Waals surface area contributed by atoms with Crippen LogP contribution in [0.25, 0.3) is 0 Å². The van der Waals surface area contributed by atoms with Crippen molar-refractivity contribution in [1.29, 1.82) is 0 Å². The second-order valence-corrected chi connectivity index (χ2v) is 5.06. The molecule has 3 nitrogen and oxygen atoms in total. The number of hydrogen-bond donors (Lipinski definition) is 1. The number of nitrogens with one attached hydrogen (secondary N) is 1. The van der Waals surface area contributed by atoms with Gasteiger partial charge in [-0.15, -0.1) is 0 Å². The van der Waals surface area contributed by atoms with Crippen LogP contribution < -0.4 is 5.32 Å². The SMILES string of the molecule is CCOC(=O)CCNCC1CC(C)=CC(C)C1. The van der Waals surface area contributed by atoms with Crippen LogP contribution in [0, 0.1) is 11.8 Å². The van der Waals surface area contributed by atoms with Gasteiger partial charge in [0.05, 0.1) is 13.0 Å². The molecule has 0 heterocycles. The molecule has 2 unspecified atom stereocenters. The number of esters is 1. The van der Waals surface area contributed by atoms with Crippen molar-refractivity contribution in [3.05, 3.63) is 11.6 Å². The van der Waals surface area contributed by atoms with Gasteiger partial charge in [-0.05, 0) is 45.1 Å². The highest BCUT2D eigenvalue weighted by molar-refractivity contribution is 5.69. The van der Waals surface area contributed by atoms with Gasteiger partial charge in [-0.25, -0.2) is 0 Å². The van der Waals surface area contributed by atoms with Gasteiger partial charge in [-0.1, -0.05) is 18.6 Å². The molecule has 98 valence electrons. The minimum Gasteiger partial charge on any atom is -0.466 e. The van der Waals surface area contributed by atoms with E-state index in [1.165, 1.54) is 18.4 Å². The molecule has 0 saturated heterocycles. The number of hydrogen-bond acceptors (Lipinski definition) is 3. The molecule has 1 aliphatic rings. The quantitative estimate of drug-likeness (QED) is 0.440. The molecule has 2 atom stereocenters. The van der Waals surface area contributed by atoms with Crippen LogP contribution in [0.15, 0.2) is 11.6 Å². The van der Waals surface area contributed by atoms with E-state index < -0.39 is 0 Å². The second-order valence-electron chi connectivity index (χ2n) is 5.06. The summed E-state index contributed by atoms with van der Waals surface area (Å²) in [5, 5.41) is 3.36. The normalized spacial score (nSPS) is 24.3. The smallest absolute Gasteiger partial charge is 0.307 e. The molecule has 0 spiro atoms. The maximum Gasteiger partial charge on any atom is 0.307 e. The predicted molar refractivity (Wildman–Crippen MR) is 69.8 cm³/mol. The van der Waals surface area contributed by atoms with Crippen molar-refractivity contribution >= 4 is 5.97 Å². The Hall–Kier alpha value is -0.830. The second kappa shape index (κ2) is 7.49. The van der Waals surface area contributed by atoms with E-state index in [9.17, 15) is 4.79 Å². The van der Waals surface area contributed by atoms with E-state index in [1.807, 2.05) is 6.92 Å². The molecular weight excluding hydrogens is 214 g/mol. The van der Waals surface area contributed by atoms with Crippen molar-refractivity contribution in [2.24, 2.45) is 11.8 Å². The summed E-state index contributed by atoms with van der Waals surface area (Å²) in [5.74, 6) is 1.31. The highest BCUT2D eigenvalue weighted by atomic mass is 16.5. The van der Waals surface area contributed by atoms with Gasteiger partial charge in [-0.3, -0.25) is 4.79 Å². The molecule has 0 saturated carbocycles. The van der Waals surface area contributed by atoms with Gasteiger partial charge in [0.15, 0.2) is 0 Å². The number of ether oxygens (including phenoxy) is 1. The Morgan fingerprint density at radius 1 is 1.59 bits per heavy atom. The van der Waals surface area contributed by atoms with Crippen LogP contribution in [-0.2, 0) is 9.53 Å². The van der Waals surface area contributed by atoms with Crippen molar-refractivity contribution in [3.63, 3.8) is 0 Å². The lowest BCUT2D eigenvalue weighted by molar-refractivity contribution is -0.142. The molecule has 3 heteroatoms. The Morgan fingerprint density at radius 3 is 3.00 bits per heavy atom. The van der Waals surface area contributed by atoms with Gasteiger partial charge < -0.3 is 10.1 Å². The van der Waals surface area contributed by atoms with Crippen molar-refractivity contribution in [3.8, 4) is 0 Å². The average molecular weight is 239 g/mol. The first-order chi connectivity index (χ1) is 8.11. The van der Waals surface area contributed by atoms with Crippen LogP contribution in [0.2, 0.25) is 0 Å². The standard InChI is InChI=1S/C14H25NO2/c1-4-17-14(16)5-6-15-10-13-8-11(2)7-12(3)9-13/h7,11,13,15H,4-6,8-10H2,1-3H3. The molecule has 0 bridgehead atoms. The number of carbonyl (C=O) groups is 1. The van der Waals surface area contributed by atoms with Crippen molar-refractivity contribution in [1.82, 2.24) is 5.32 Å². The van der Waals surface area contributed by atoms with Crippen LogP contribution in [0.3, 0.4) is 0 Å². The first kappa shape index (κ1) is 14.2. The van der Waals surface area contributed by atoms with Crippen molar-refractivity contribution in [2.75, 3.05) is 19.7 Å². The van der Waals surface area contributed by atoms with Crippen molar-refractivity contribution in [2.45, 2.75) is 40.0 Å². The molecule has 1 rings (SSSR count). The molecule has 1 N–H and O–H groups in total. The summed E-state index contributed by atoms with van der Waals surface area (Å²) in [4.78, 5) is 11.1. The van der Waals surface area contributed by atoms with Gasteiger partial charge in [0, 0.05) is 6.54 Å². The summed E-state index contributed by atoms with van der Waals surface area (Å²) in [6.07, 6.45) is 5.29. The molecule has 0 amide bonds. The summed E-state index contributed by atoms with van der Waals surface area (Å²) in [6, 6.07) is 0. The Balaban J connectivity index is 2.11. The number of rotatable bonds is 6. The predicted octanol–water partition coefficient (Wildman–Crippen LogP) is 2.52. The highest BCUT2D eigenvalue weighted by Crippen LogP contribution is 2.27. The Bertz CT molecular complexity index is 273. The monoisotopic (exact) mass is 239 g/mol. The third-order valence-electron chi connectivity index (χ3n) is 3.13. The Labute approximate surface area is 105 Å². The maximum atomic E-state index is 11.1. The van der Waals surface area contributed by atoms with E-state index in [-0.39, 0.29) is 5.97 Å². The van der Waals surface area contributed by atoms with Gasteiger partial charge in [0.2, 0.25) is 0 Å². The fraction of sp³-hybridized carbons (Fsp3) is 0.786. The average Bonchev–Trinajstić information content (AvgIpc) is 2.23. The maximum absolute atomic E-state index is 11.1. The molecule has 1 aliphatic carbocycles. The zero-order chi connectivity index (χ0) is 12.7. The first-order valence-corrected chi connectivity index (χ1v) is 6.65. The molecule has 0 aromatic carbocycles. The Morgan fingerprint density at radius 2 is 2.35 bits per heavy atom. The third kappa shape index (κ3) is 5.87. The van der Waals surface area contributed by atoms with Gasteiger partial charge >= 0.3 is 5.97 Å². The summed E-state index contributed by atoms with van der Waals surface area (Å²) in [5.41, 5.74) is 1.50. The summed E-state index contributed by atoms with van der Waals surface area (Å²) in [6.45, 7) is 8.53. The highest BCUT2D eigenvalue weighted by Gasteiger charge is 2.17. The van der Waals surface area contributed by atoms with Gasteiger partial charge in [0.1, 0.15) is 0 Å². The summed E-state index contributed by atoms with van der Waals surface area (Å²) in [7, 11) is 0. The number of carbonyl (C=O) groups excluding carboxylic acids is 1. The fourth-order valence-corrected chi connectivity index (χ4v) is 2.57. The lowest BCUT2D eigenvalue weighted by atomic mass is 9.84. The molecule has 0 fully saturated rings. The molecule has 0 aromatic rings. The van der Waals surface area contributed by atoms with E-state index in [1.54, 1.807) is 0 Å². The first-order valence-electron chi connectivity index (χ1n) is 6.65. The topological polar surface area (TPSA) is 38.3 Å². The molecule has 17 heavy (non-hydrogen) atoms. The molecule has 0 aliphatic heterocycles. The Kier molecular flexibility index (Phi) is 6.27. The van der Waals surface area contributed by atoms with Crippen LogP contribution in [0.4, 0.5) is 0 Å². The van der Waals surface area contributed by atoms with E-state index >= 15 is 0 Å². The fourth-order valence-electron chi connectivity index (χ4n) is 2.57. The van der Waals surface area contributed by atoms with Crippen LogP contribution in [0.1, 0.15) is 40.0 Å². The molecule has 0 radical (unpaired) electrons. The molecule has 0 aromatic heterocycles. The largest absolute Gasteiger partial charge is 0.466 e. The van der Waals surface area contributed by atoms with Gasteiger partial charge in [-0.2, -0.15) is 0 Å². The van der Waals surface area contributed by atoms with E-state index in [4.69, 9.17) is 4.74 Å². The summed E-state index contributed by atoms with van der Waals surface area (Å²) < 4.78 is 4.88. The van der Waals surface area contributed by atoms with E-state index in [2.05, 4.69) is 25.2 Å². The molecular formula is C14H25NO2. The van der Waals surface area contributed by atoms with Crippen LogP contribution >= 0.6 is 0 Å². The van der Waals surface area contributed by atoms with Crippen molar-refractivity contribution < 1.29 is 9.53 Å². The number of allylic oxidation sites excluding steroid dienone is 2. The zero-order valence-electron chi connectivity index (χ0n) is 11.3. The minimum absolute atomic E-state index is 0.104. The zero-order valence-corrected chi connectivity index (χ0v) is 11.3. The third-order valence-corrected chi connectivity index (χ3v) is 3.13. The lowest BCUT2D eigenvalue weighted by Crippen LogP contribution is -2.28. The van der Waals surface area contributed by atoms with E-state index in [0.717, 1.165) is 19.0 Å². The van der Waals surface area contributed by atoms with E-state index in [0.29, 0.717) is 18.9 Å². The summed E-state index contributed by atoms with van der Waals surface area (Å²) >= 11 is 0.